The average molecular weight is 225 g/mol. The highest BCUT2D eigenvalue weighted by atomic mass is 15.0. The summed E-state index contributed by atoms with van der Waals surface area (Å²) in [6.45, 7) is 4.30. The molecule has 0 aliphatic heterocycles. The summed E-state index contributed by atoms with van der Waals surface area (Å²) in [6, 6.07) is 8.69. The topological polar surface area (TPSA) is 41.6 Å². The quantitative estimate of drug-likeness (QED) is 0.748. The van der Waals surface area contributed by atoms with Crippen LogP contribution in [0, 0.1) is 16.7 Å². The normalized spacial score (nSPS) is 25.8. The lowest BCUT2D eigenvalue weighted by molar-refractivity contribution is 0.570. The fourth-order valence-electron chi connectivity index (χ4n) is 2.77. The van der Waals surface area contributed by atoms with Crippen LogP contribution in [0.15, 0.2) is 24.5 Å². The van der Waals surface area contributed by atoms with Crippen LogP contribution in [-0.4, -0.2) is 9.55 Å². The zero-order valence-electron chi connectivity index (χ0n) is 10.4. The molecule has 3 rings (SSSR count). The SMILES string of the molecule is Cn1cnc2cc(C3(C#N)CC3(C)C)ccc21. The monoisotopic (exact) mass is 225 g/mol. The minimum atomic E-state index is -0.307. The van der Waals surface area contributed by atoms with Crippen molar-refractivity contribution in [3.05, 3.63) is 30.1 Å². The highest BCUT2D eigenvalue weighted by Crippen LogP contribution is 2.63. The number of aromatic nitrogens is 2. The van der Waals surface area contributed by atoms with Crippen LogP contribution in [0.25, 0.3) is 11.0 Å². The van der Waals surface area contributed by atoms with Gasteiger partial charge in [0.25, 0.3) is 0 Å². The molecule has 0 spiro atoms. The van der Waals surface area contributed by atoms with Crippen LogP contribution in [0.1, 0.15) is 25.8 Å². The highest BCUT2D eigenvalue weighted by Gasteiger charge is 2.63. The molecule has 0 radical (unpaired) electrons. The number of nitriles is 1. The maximum atomic E-state index is 9.45. The third-order valence-electron chi connectivity index (χ3n) is 4.15. The first kappa shape index (κ1) is 10.3. The first-order chi connectivity index (χ1) is 8.00. The van der Waals surface area contributed by atoms with Crippen LogP contribution in [0.5, 0.6) is 0 Å². The molecule has 0 N–H and O–H groups in total. The third-order valence-corrected chi connectivity index (χ3v) is 4.15. The van der Waals surface area contributed by atoms with Gasteiger partial charge in [-0.2, -0.15) is 5.26 Å². The molecule has 1 aromatic heterocycles. The lowest BCUT2D eigenvalue weighted by Crippen LogP contribution is -2.11. The molecule has 2 aromatic rings. The van der Waals surface area contributed by atoms with Crippen molar-refractivity contribution in [3.8, 4) is 6.07 Å². The van der Waals surface area contributed by atoms with E-state index in [-0.39, 0.29) is 10.8 Å². The Kier molecular flexibility index (Phi) is 1.76. The molecule has 0 saturated heterocycles. The van der Waals surface area contributed by atoms with Crippen molar-refractivity contribution in [1.29, 1.82) is 5.26 Å². The van der Waals surface area contributed by atoms with Crippen molar-refractivity contribution in [3.63, 3.8) is 0 Å². The third kappa shape index (κ3) is 1.18. The number of hydrogen-bond donors (Lipinski definition) is 0. The largest absolute Gasteiger partial charge is 0.334 e. The maximum Gasteiger partial charge on any atom is 0.0955 e. The molecular weight excluding hydrogens is 210 g/mol. The Morgan fingerprint density at radius 3 is 2.71 bits per heavy atom. The number of imidazole rings is 1. The van der Waals surface area contributed by atoms with Gasteiger partial charge in [0.15, 0.2) is 0 Å². The van der Waals surface area contributed by atoms with Gasteiger partial charge in [0.1, 0.15) is 0 Å². The standard InChI is InChI=1S/C14H15N3/c1-13(2)7-14(13,8-15)10-4-5-12-11(6-10)16-9-17(12)3/h4-6,9H,7H2,1-3H3. The molecule has 86 valence electrons. The van der Waals surface area contributed by atoms with Crippen LogP contribution in [-0.2, 0) is 12.5 Å². The van der Waals surface area contributed by atoms with Gasteiger partial charge in [0.05, 0.1) is 28.8 Å². The summed E-state index contributed by atoms with van der Waals surface area (Å²) in [5.74, 6) is 0. The van der Waals surface area contributed by atoms with Crippen LogP contribution < -0.4 is 0 Å². The van der Waals surface area contributed by atoms with E-state index in [2.05, 4.69) is 43.1 Å². The summed E-state index contributed by atoms with van der Waals surface area (Å²) in [7, 11) is 1.98. The first-order valence-corrected chi connectivity index (χ1v) is 5.83. The Bertz CT molecular complexity index is 645. The van der Waals surface area contributed by atoms with Crippen LogP contribution in [0.3, 0.4) is 0 Å². The van der Waals surface area contributed by atoms with E-state index >= 15 is 0 Å². The number of benzene rings is 1. The highest BCUT2D eigenvalue weighted by molar-refractivity contribution is 5.77. The summed E-state index contributed by atoms with van der Waals surface area (Å²) in [6.07, 6.45) is 2.75. The molecule has 1 unspecified atom stereocenters. The second-order valence-corrected chi connectivity index (χ2v) is 5.64. The zero-order chi connectivity index (χ0) is 12.3. The minimum Gasteiger partial charge on any atom is -0.334 e. The van der Waals surface area contributed by atoms with Crippen molar-refractivity contribution in [1.82, 2.24) is 9.55 Å². The smallest absolute Gasteiger partial charge is 0.0955 e. The molecular formula is C14H15N3. The second-order valence-electron chi connectivity index (χ2n) is 5.64. The van der Waals surface area contributed by atoms with E-state index in [0.29, 0.717) is 0 Å². The Labute approximate surface area is 101 Å². The Morgan fingerprint density at radius 1 is 1.41 bits per heavy atom. The predicted octanol–water partition coefficient (Wildman–Crippen LogP) is 2.76. The van der Waals surface area contributed by atoms with Crippen molar-refractivity contribution in [2.75, 3.05) is 0 Å². The van der Waals surface area contributed by atoms with Gasteiger partial charge in [-0.25, -0.2) is 4.98 Å². The molecule has 1 fully saturated rings. The van der Waals surface area contributed by atoms with Gasteiger partial charge in [-0.1, -0.05) is 19.9 Å². The first-order valence-electron chi connectivity index (χ1n) is 5.83. The molecule has 1 aromatic carbocycles. The zero-order valence-corrected chi connectivity index (χ0v) is 10.4. The summed E-state index contributed by atoms with van der Waals surface area (Å²) < 4.78 is 2.00. The molecule has 3 nitrogen and oxygen atoms in total. The van der Waals surface area contributed by atoms with E-state index in [1.165, 1.54) is 0 Å². The van der Waals surface area contributed by atoms with Gasteiger partial charge in [0, 0.05) is 7.05 Å². The molecule has 1 saturated carbocycles. The average Bonchev–Trinajstić information content (AvgIpc) is 2.69. The Hall–Kier alpha value is -1.82. The van der Waals surface area contributed by atoms with Crippen LogP contribution >= 0.6 is 0 Å². The number of fused-ring (bicyclic) bond motifs is 1. The molecule has 1 atom stereocenters. The Balaban J connectivity index is 2.17. The summed E-state index contributed by atoms with van der Waals surface area (Å²) in [4.78, 5) is 4.36. The maximum absolute atomic E-state index is 9.45. The molecule has 0 bridgehead atoms. The van der Waals surface area contributed by atoms with Gasteiger partial charge in [-0.15, -0.1) is 0 Å². The number of rotatable bonds is 1. The van der Waals surface area contributed by atoms with Crippen LogP contribution in [0.4, 0.5) is 0 Å². The summed E-state index contributed by atoms with van der Waals surface area (Å²) in [5, 5.41) is 9.45. The van der Waals surface area contributed by atoms with E-state index in [1.807, 2.05) is 17.9 Å². The van der Waals surface area contributed by atoms with Gasteiger partial charge in [-0.3, -0.25) is 0 Å². The van der Waals surface area contributed by atoms with E-state index in [1.54, 1.807) is 0 Å². The predicted molar refractivity (Wildman–Crippen MR) is 66.4 cm³/mol. The molecule has 1 heterocycles. The van der Waals surface area contributed by atoms with Gasteiger partial charge >= 0.3 is 0 Å². The van der Waals surface area contributed by atoms with E-state index in [4.69, 9.17) is 0 Å². The molecule has 17 heavy (non-hydrogen) atoms. The van der Waals surface area contributed by atoms with E-state index < -0.39 is 0 Å². The lowest BCUT2D eigenvalue weighted by Gasteiger charge is -2.12. The minimum absolute atomic E-state index is 0.0875. The van der Waals surface area contributed by atoms with Gasteiger partial charge in [0.2, 0.25) is 0 Å². The van der Waals surface area contributed by atoms with Crippen molar-refractivity contribution < 1.29 is 0 Å². The molecule has 3 heteroatoms. The fraction of sp³-hybridized carbons (Fsp3) is 0.429. The number of hydrogen-bond acceptors (Lipinski definition) is 2. The van der Waals surface area contributed by atoms with Crippen molar-refractivity contribution in [2.24, 2.45) is 12.5 Å². The number of nitrogens with zero attached hydrogens (tertiary/aromatic N) is 3. The van der Waals surface area contributed by atoms with Crippen molar-refractivity contribution in [2.45, 2.75) is 25.7 Å². The fourth-order valence-corrected chi connectivity index (χ4v) is 2.77. The molecule has 0 amide bonds. The molecule has 1 aliphatic carbocycles. The van der Waals surface area contributed by atoms with E-state index in [9.17, 15) is 5.26 Å². The number of aryl methyl sites for hydroxylation is 1. The molecule has 1 aliphatic rings. The second kappa shape index (κ2) is 2.89. The van der Waals surface area contributed by atoms with Crippen molar-refractivity contribution >= 4 is 11.0 Å². The van der Waals surface area contributed by atoms with Crippen LogP contribution in [0.2, 0.25) is 0 Å². The lowest BCUT2D eigenvalue weighted by atomic mass is 9.89. The Morgan fingerprint density at radius 2 is 2.12 bits per heavy atom. The van der Waals surface area contributed by atoms with Gasteiger partial charge in [-0.05, 0) is 29.5 Å². The summed E-state index contributed by atoms with van der Waals surface area (Å²) >= 11 is 0. The van der Waals surface area contributed by atoms with E-state index in [0.717, 1.165) is 23.0 Å². The van der Waals surface area contributed by atoms with Gasteiger partial charge < -0.3 is 4.57 Å². The summed E-state index contributed by atoms with van der Waals surface area (Å²) in [5.41, 5.74) is 2.97.